The number of hydrogen-bond acceptors (Lipinski definition) is 7. The van der Waals surface area contributed by atoms with Crippen LogP contribution in [0.1, 0.15) is 5.56 Å². The van der Waals surface area contributed by atoms with Crippen LogP contribution in [-0.4, -0.2) is 28.4 Å². The van der Waals surface area contributed by atoms with E-state index >= 15 is 0 Å². The van der Waals surface area contributed by atoms with Crippen molar-refractivity contribution in [2.24, 2.45) is 0 Å². The lowest BCUT2D eigenvalue weighted by atomic mass is 10.1. The number of pyridine rings is 1. The number of nitrogens with one attached hydrogen (secondary N) is 1. The maximum atomic E-state index is 12.7. The Morgan fingerprint density at radius 3 is 2.76 bits per heavy atom. The normalized spacial score (nSPS) is 12.6. The van der Waals surface area contributed by atoms with E-state index in [-0.39, 0.29) is 19.1 Å². The minimum Gasteiger partial charge on any atom is -0.454 e. The summed E-state index contributed by atoms with van der Waals surface area (Å²) in [7, 11) is 0. The Hall–Kier alpha value is -3.23. The molecule has 0 fully saturated rings. The third kappa shape index (κ3) is 3.08. The molecule has 1 aromatic carbocycles. The van der Waals surface area contributed by atoms with Crippen LogP contribution in [0, 0.1) is 0 Å². The number of alkyl halides is 2. The molecule has 3 aromatic rings. The van der Waals surface area contributed by atoms with Crippen molar-refractivity contribution < 1.29 is 23.0 Å². The SMILES string of the molecule is FC(F)Oc1cc2c(cc1CNc1cncc3nccnc13)OCO2. The maximum Gasteiger partial charge on any atom is 0.387 e. The fourth-order valence-electron chi connectivity index (χ4n) is 2.52. The van der Waals surface area contributed by atoms with Crippen molar-refractivity contribution in [1.82, 2.24) is 15.0 Å². The van der Waals surface area contributed by atoms with E-state index in [0.29, 0.717) is 33.8 Å². The molecule has 25 heavy (non-hydrogen) atoms. The van der Waals surface area contributed by atoms with E-state index in [2.05, 4.69) is 25.0 Å². The fourth-order valence-corrected chi connectivity index (χ4v) is 2.52. The Kier molecular flexibility index (Phi) is 3.88. The minimum absolute atomic E-state index is 0.0195. The summed E-state index contributed by atoms with van der Waals surface area (Å²) >= 11 is 0. The van der Waals surface area contributed by atoms with Crippen LogP contribution in [0.5, 0.6) is 17.2 Å². The number of aromatic nitrogens is 3. The first-order valence-electron chi connectivity index (χ1n) is 7.36. The summed E-state index contributed by atoms with van der Waals surface area (Å²) < 4.78 is 40.4. The molecule has 4 rings (SSSR count). The third-order valence-corrected chi connectivity index (χ3v) is 3.62. The van der Waals surface area contributed by atoms with Crippen molar-refractivity contribution in [1.29, 1.82) is 0 Å². The van der Waals surface area contributed by atoms with Crippen LogP contribution in [0.15, 0.2) is 36.9 Å². The summed E-state index contributed by atoms with van der Waals surface area (Å²) in [5.41, 5.74) is 2.38. The Morgan fingerprint density at radius 1 is 1.12 bits per heavy atom. The Morgan fingerprint density at radius 2 is 1.92 bits per heavy atom. The van der Waals surface area contributed by atoms with Gasteiger partial charge in [-0.2, -0.15) is 8.78 Å². The van der Waals surface area contributed by atoms with Crippen molar-refractivity contribution in [2.75, 3.05) is 12.1 Å². The van der Waals surface area contributed by atoms with Crippen LogP contribution in [0.25, 0.3) is 11.0 Å². The van der Waals surface area contributed by atoms with Gasteiger partial charge in [0.2, 0.25) is 6.79 Å². The fraction of sp³-hybridized carbons (Fsp3) is 0.188. The van der Waals surface area contributed by atoms with E-state index < -0.39 is 6.61 Å². The van der Waals surface area contributed by atoms with Gasteiger partial charge >= 0.3 is 6.61 Å². The van der Waals surface area contributed by atoms with Crippen LogP contribution in [0.4, 0.5) is 14.5 Å². The number of rotatable bonds is 5. The molecule has 1 N–H and O–H groups in total. The van der Waals surface area contributed by atoms with Crippen LogP contribution < -0.4 is 19.5 Å². The number of nitrogens with zero attached hydrogens (tertiary/aromatic N) is 3. The van der Waals surface area contributed by atoms with Crippen molar-refractivity contribution >= 4 is 16.7 Å². The van der Waals surface area contributed by atoms with Gasteiger partial charge in [0.25, 0.3) is 0 Å². The van der Waals surface area contributed by atoms with Crippen LogP contribution >= 0.6 is 0 Å². The lowest BCUT2D eigenvalue weighted by Crippen LogP contribution is -2.08. The molecule has 0 aliphatic carbocycles. The lowest BCUT2D eigenvalue weighted by molar-refractivity contribution is -0.0504. The molecule has 0 amide bonds. The highest BCUT2D eigenvalue weighted by atomic mass is 19.3. The molecule has 0 unspecified atom stereocenters. The molecule has 0 atom stereocenters. The van der Waals surface area contributed by atoms with E-state index in [1.807, 2.05) is 0 Å². The van der Waals surface area contributed by atoms with Gasteiger partial charge < -0.3 is 19.5 Å². The van der Waals surface area contributed by atoms with Gasteiger partial charge in [0.05, 0.1) is 18.1 Å². The van der Waals surface area contributed by atoms with Crippen molar-refractivity contribution in [3.63, 3.8) is 0 Å². The zero-order valence-corrected chi connectivity index (χ0v) is 12.8. The van der Waals surface area contributed by atoms with E-state index in [9.17, 15) is 8.78 Å². The third-order valence-electron chi connectivity index (χ3n) is 3.62. The molecular formula is C16H12F2N4O3. The van der Waals surface area contributed by atoms with Crippen LogP contribution in [0.2, 0.25) is 0 Å². The Balaban J connectivity index is 1.63. The van der Waals surface area contributed by atoms with Crippen molar-refractivity contribution in [3.8, 4) is 17.2 Å². The quantitative estimate of drug-likeness (QED) is 0.761. The topological polar surface area (TPSA) is 78.4 Å². The van der Waals surface area contributed by atoms with Gasteiger partial charge in [0, 0.05) is 30.6 Å². The Labute approximate surface area is 140 Å². The highest BCUT2D eigenvalue weighted by molar-refractivity contribution is 5.86. The average Bonchev–Trinajstić information content (AvgIpc) is 3.06. The molecule has 0 spiro atoms. The van der Waals surface area contributed by atoms with Crippen LogP contribution in [0.3, 0.4) is 0 Å². The molecule has 2 aromatic heterocycles. The number of halogens is 2. The first-order valence-corrected chi connectivity index (χ1v) is 7.36. The molecule has 1 aliphatic rings. The number of fused-ring (bicyclic) bond motifs is 2. The molecule has 0 saturated heterocycles. The molecule has 128 valence electrons. The second kappa shape index (κ2) is 6.34. The second-order valence-electron chi connectivity index (χ2n) is 5.16. The molecule has 3 heterocycles. The summed E-state index contributed by atoms with van der Waals surface area (Å²) in [6.07, 6.45) is 6.33. The largest absolute Gasteiger partial charge is 0.454 e. The molecule has 7 nitrogen and oxygen atoms in total. The van der Waals surface area contributed by atoms with E-state index in [1.165, 1.54) is 6.07 Å². The zero-order valence-electron chi connectivity index (χ0n) is 12.8. The minimum atomic E-state index is -2.94. The molecule has 1 aliphatic heterocycles. The molecular weight excluding hydrogens is 334 g/mol. The van der Waals surface area contributed by atoms with Crippen molar-refractivity contribution in [2.45, 2.75) is 13.2 Å². The lowest BCUT2D eigenvalue weighted by Gasteiger charge is -2.13. The first kappa shape index (κ1) is 15.3. The molecule has 0 bridgehead atoms. The number of anilines is 1. The summed E-state index contributed by atoms with van der Waals surface area (Å²) in [5, 5.41) is 3.12. The van der Waals surface area contributed by atoms with E-state index in [4.69, 9.17) is 9.47 Å². The van der Waals surface area contributed by atoms with Gasteiger partial charge in [-0.15, -0.1) is 0 Å². The van der Waals surface area contributed by atoms with Gasteiger partial charge in [-0.3, -0.25) is 15.0 Å². The second-order valence-corrected chi connectivity index (χ2v) is 5.16. The van der Waals surface area contributed by atoms with Crippen molar-refractivity contribution in [3.05, 3.63) is 42.5 Å². The highest BCUT2D eigenvalue weighted by Gasteiger charge is 2.20. The molecule has 9 heteroatoms. The van der Waals surface area contributed by atoms with E-state index in [1.54, 1.807) is 30.9 Å². The van der Waals surface area contributed by atoms with Gasteiger partial charge in [0.1, 0.15) is 16.8 Å². The predicted molar refractivity (Wildman–Crippen MR) is 83.9 cm³/mol. The van der Waals surface area contributed by atoms with Gasteiger partial charge in [-0.05, 0) is 6.07 Å². The van der Waals surface area contributed by atoms with Gasteiger partial charge in [-0.25, -0.2) is 0 Å². The maximum absolute atomic E-state index is 12.7. The van der Waals surface area contributed by atoms with Gasteiger partial charge in [-0.1, -0.05) is 0 Å². The summed E-state index contributed by atoms with van der Waals surface area (Å²) in [6.45, 7) is -2.69. The summed E-state index contributed by atoms with van der Waals surface area (Å²) in [4.78, 5) is 12.5. The summed E-state index contributed by atoms with van der Waals surface area (Å²) in [6, 6.07) is 3.00. The monoisotopic (exact) mass is 346 g/mol. The average molecular weight is 346 g/mol. The smallest absolute Gasteiger partial charge is 0.387 e. The van der Waals surface area contributed by atoms with E-state index in [0.717, 1.165) is 0 Å². The standard InChI is InChI=1S/C16H12F2N4O3/c17-16(18)25-12-4-14-13(23-8-24-14)3-9(12)5-22-11-7-19-6-10-15(11)21-2-1-20-10/h1-4,6-7,16,22H,5,8H2. The zero-order chi connectivity index (χ0) is 17.2. The van der Waals surface area contributed by atoms with Gasteiger partial charge in [0.15, 0.2) is 11.5 Å². The number of benzene rings is 1. The first-order chi connectivity index (χ1) is 12.2. The highest BCUT2D eigenvalue weighted by Crippen LogP contribution is 2.39. The number of hydrogen-bond donors (Lipinski definition) is 1. The Bertz CT molecular complexity index is 918. The van der Waals surface area contributed by atoms with Crippen LogP contribution in [-0.2, 0) is 6.54 Å². The molecule has 0 radical (unpaired) electrons. The molecule has 0 saturated carbocycles. The predicted octanol–water partition coefficient (Wildman–Crippen LogP) is 2.97. The summed E-state index contributed by atoms with van der Waals surface area (Å²) in [5.74, 6) is 0.873. The number of ether oxygens (including phenoxy) is 3.